The lowest BCUT2D eigenvalue weighted by molar-refractivity contribution is 0.229. The molecule has 0 amide bonds. The van der Waals surface area contributed by atoms with Gasteiger partial charge in [0.1, 0.15) is 18.0 Å². The Labute approximate surface area is 115 Å². The van der Waals surface area contributed by atoms with Crippen LogP contribution in [-0.4, -0.2) is 34.8 Å². The van der Waals surface area contributed by atoms with Crippen molar-refractivity contribution in [2.45, 2.75) is 40.0 Å². The van der Waals surface area contributed by atoms with E-state index in [2.05, 4.69) is 41.4 Å². The van der Waals surface area contributed by atoms with Crippen LogP contribution in [0.2, 0.25) is 0 Å². The Hall–Kier alpha value is -1.36. The van der Waals surface area contributed by atoms with Crippen LogP contribution in [0.25, 0.3) is 0 Å². The van der Waals surface area contributed by atoms with E-state index in [1.165, 1.54) is 0 Å². The van der Waals surface area contributed by atoms with Crippen LogP contribution >= 0.6 is 0 Å². The minimum Gasteiger partial charge on any atom is -0.396 e. The van der Waals surface area contributed by atoms with E-state index < -0.39 is 0 Å². The van der Waals surface area contributed by atoms with Crippen LogP contribution in [0.1, 0.15) is 39.2 Å². The number of nitrogens with zero attached hydrogens (tertiary/aromatic N) is 2. The number of aromatic nitrogens is 2. The van der Waals surface area contributed by atoms with Crippen molar-refractivity contribution in [3.8, 4) is 0 Å². The van der Waals surface area contributed by atoms with Gasteiger partial charge in [-0.15, -0.1) is 0 Å². The van der Waals surface area contributed by atoms with Gasteiger partial charge in [-0.3, -0.25) is 0 Å². The molecule has 3 N–H and O–H groups in total. The van der Waals surface area contributed by atoms with Gasteiger partial charge in [-0.25, -0.2) is 9.97 Å². The summed E-state index contributed by atoms with van der Waals surface area (Å²) in [6.45, 7) is 8.23. The van der Waals surface area contributed by atoms with E-state index >= 15 is 0 Å². The first-order chi connectivity index (χ1) is 9.22. The molecule has 1 heterocycles. The molecular formula is C14H26N4O. The van der Waals surface area contributed by atoms with Crippen molar-refractivity contribution < 1.29 is 5.11 Å². The molecule has 1 rings (SSSR count). The van der Waals surface area contributed by atoms with Gasteiger partial charge in [0.2, 0.25) is 0 Å². The van der Waals surface area contributed by atoms with Crippen molar-refractivity contribution in [3.63, 3.8) is 0 Å². The van der Waals surface area contributed by atoms with E-state index in [-0.39, 0.29) is 6.61 Å². The van der Waals surface area contributed by atoms with Crippen LogP contribution in [0.15, 0.2) is 6.33 Å². The summed E-state index contributed by atoms with van der Waals surface area (Å²) in [5, 5.41) is 15.6. The molecule has 0 bridgehead atoms. The van der Waals surface area contributed by atoms with Crippen LogP contribution in [0.3, 0.4) is 0 Å². The van der Waals surface area contributed by atoms with Crippen molar-refractivity contribution in [2.24, 2.45) is 5.92 Å². The van der Waals surface area contributed by atoms with Crippen molar-refractivity contribution >= 4 is 11.6 Å². The van der Waals surface area contributed by atoms with Crippen LogP contribution < -0.4 is 10.6 Å². The van der Waals surface area contributed by atoms with Gasteiger partial charge in [0.25, 0.3) is 0 Å². The summed E-state index contributed by atoms with van der Waals surface area (Å²) < 4.78 is 0. The first-order valence-electron chi connectivity index (χ1n) is 7.15. The Morgan fingerprint density at radius 3 is 2.47 bits per heavy atom. The molecule has 0 aliphatic carbocycles. The summed E-state index contributed by atoms with van der Waals surface area (Å²) in [4.78, 5) is 8.59. The van der Waals surface area contributed by atoms with E-state index in [0.717, 1.165) is 49.6 Å². The second-order valence-electron chi connectivity index (χ2n) is 4.79. The fraction of sp³-hybridized carbons (Fsp3) is 0.714. The maximum Gasteiger partial charge on any atom is 0.134 e. The van der Waals surface area contributed by atoms with E-state index in [0.29, 0.717) is 5.92 Å². The first-order valence-corrected chi connectivity index (χ1v) is 7.15. The van der Waals surface area contributed by atoms with E-state index in [1.807, 2.05) is 0 Å². The average Bonchev–Trinajstić information content (AvgIpc) is 2.43. The summed E-state index contributed by atoms with van der Waals surface area (Å²) in [6, 6.07) is 0. The SMILES string of the molecule is CCNc1ncnc(NCCCC(C)CO)c1CC. The lowest BCUT2D eigenvalue weighted by atomic mass is 10.1. The van der Waals surface area contributed by atoms with E-state index in [9.17, 15) is 0 Å². The molecule has 0 saturated heterocycles. The molecule has 19 heavy (non-hydrogen) atoms. The number of nitrogens with one attached hydrogen (secondary N) is 2. The van der Waals surface area contributed by atoms with Gasteiger partial charge in [-0.05, 0) is 32.1 Å². The largest absolute Gasteiger partial charge is 0.396 e. The van der Waals surface area contributed by atoms with Crippen molar-refractivity contribution in [3.05, 3.63) is 11.9 Å². The molecule has 5 nitrogen and oxygen atoms in total. The molecule has 5 heteroatoms. The highest BCUT2D eigenvalue weighted by molar-refractivity contribution is 5.57. The predicted octanol–water partition coefficient (Wildman–Crippen LogP) is 2.29. The van der Waals surface area contributed by atoms with Crippen LogP contribution in [0.4, 0.5) is 11.6 Å². The lowest BCUT2D eigenvalue weighted by Gasteiger charge is -2.14. The summed E-state index contributed by atoms with van der Waals surface area (Å²) in [6.07, 6.45) is 4.55. The first kappa shape index (κ1) is 15.7. The highest BCUT2D eigenvalue weighted by Crippen LogP contribution is 2.20. The number of aliphatic hydroxyl groups is 1. The quantitative estimate of drug-likeness (QED) is 0.598. The summed E-state index contributed by atoms with van der Waals surface area (Å²) in [5.74, 6) is 2.21. The summed E-state index contributed by atoms with van der Waals surface area (Å²) in [5.41, 5.74) is 1.14. The molecular weight excluding hydrogens is 240 g/mol. The number of hydrogen-bond acceptors (Lipinski definition) is 5. The Balaban J connectivity index is 2.55. The molecule has 1 aromatic heterocycles. The van der Waals surface area contributed by atoms with Crippen molar-refractivity contribution in [1.29, 1.82) is 0 Å². The van der Waals surface area contributed by atoms with Gasteiger partial charge in [0.05, 0.1) is 0 Å². The minimum absolute atomic E-state index is 0.262. The van der Waals surface area contributed by atoms with Gasteiger partial charge in [0.15, 0.2) is 0 Å². The maximum absolute atomic E-state index is 8.98. The fourth-order valence-electron chi connectivity index (χ4n) is 1.97. The highest BCUT2D eigenvalue weighted by Gasteiger charge is 2.08. The highest BCUT2D eigenvalue weighted by atomic mass is 16.3. The van der Waals surface area contributed by atoms with Gasteiger partial charge in [0, 0.05) is 25.3 Å². The molecule has 108 valence electrons. The Kier molecular flexibility index (Phi) is 7.18. The third-order valence-corrected chi connectivity index (χ3v) is 3.12. The second kappa shape index (κ2) is 8.69. The van der Waals surface area contributed by atoms with Crippen molar-refractivity contribution in [2.75, 3.05) is 30.3 Å². The molecule has 0 radical (unpaired) electrons. The molecule has 0 fully saturated rings. The maximum atomic E-state index is 8.98. The zero-order valence-corrected chi connectivity index (χ0v) is 12.2. The van der Waals surface area contributed by atoms with Gasteiger partial charge in [-0.2, -0.15) is 0 Å². The molecule has 1 unspecified atom stereocenters. The molecule has 0 saturated carbocycles. The predicted molar refractivity (Wildman–Crippen MR) is 79.5 cm³/mol. The van der Waals surface area contributed by atoms with Crippen LogP contribution in [-0.2, 0) is 6.42 Å². The van der Waals surface area contributed by atoms with Gasteiger partial charge < -0.3 is 15.7 Å². The Bertz CT molecular complexity index is 370. The molecule has 0 aliphatic rings. The molecule has 0 aromatic carbocycles. The zero-order valence-electron chi connectivity index (χ0n) is 12.2. The Morgan fingerprint density at radius 1 is 1.21 bits per heavy atom. The van der Waals surface area contributed by atoms with Crippen molar-refractivity contribution in [1.82, 2.24) is 9.97 Å². The average molecular weight is 266 g/mol. The van der Waals surface area contributed by atoms with Crippen LogP contribution in [0.5, 0.6) is 0 Å². The third-order valence-electron chi connectivity index (χ3n) is 3.12. The van der Waals surface area contributed by atoms with Gasteiger partial charge >= 0.3 is 0 Å². The minimum atomic E-state index is 0.262. The number of rotatable bonds is 9. The van der Waals surface area contributed by atoms with Gasteiger partial charge in [-0.1, -0.05) is 13.8 Å². The molecule has 0 aliphatic heterocycles. The topological polar surface area (TPSA) is 70.1 Å². The second-order valence-corrected chi connectivity index (χ2v) is 4.79. The smallest absolute Gasteiger partial charge is 0.134 e. The monoisotopic (exact) mass is 266 g/mol. The standard InChI is InChI=1S/C14H26N4O/c1-4-12-13(15-5-2)17-10-18-14(12)16-8-6-7-11(3)9-19/h10-11,19H,4-9H2,1-3H3,(H2,15,16,17,18). The molecule has 1 aromatic rings. The number of anilines is 2. The van der Waals surface area contributed by atoms with E-state index in [1.54, 1.807) is 6.33 Å². The summed E-state index contributed by atoms with van der Waals surface area (Å²) >= 11 is 0. The summed E-state index contributed by atoms with van der Waals surface area (Å²) in [7, 11) is 0. The Morgan fingerprint density at radius 2 is 1.89 bits per heavy atom. The fourth-order valence-corrected chi connectivity index (χ4v) is 1.97. The lowest BCUT2D eigenvalue weighted by Crippen LogP contribution is -2.11. The third kappa shape index (κ3) is 5.03. The normalized spacial score (nSPS) is 12.2. The van der Waals surface area contributed by atoms with Crippen LogP contribution in [0, 0.1) is 5.92 Å². The molecule has 1 atom stereocenters. The zero-order chi connectivity index (χ0) is 14.1. The number of aliphatic hydroxyl groups excluding tert-OH is 1. The van der Waals surface area contributed by atoms with E-state index in [4.69, 9.17) is 5.11 Å². The number of hydrogen-bond donors (Lipinski definition) is 3. The molecule has 0 spiro atoms.